The first-order valence-corrected chi connectivity index (χ1v) is 7.47. The van der Waals surface area contributed by atoms with Gasteiger partial charge in [0, 0.05) is 9.75 Å². The number of thiophene rings is 1. The second-order valence-electron chi connectivity index (χ2n) is 4.05. The van der Waals surface area contributed by atoms with Gasteiger partial charge in [0.1, 0.15) is 5.82 Å². The van der Waals surface area contributed by atoms with Gasteiger partial charge in [-0.2, -0.15) is 0 Å². The van der Waals surface area contributed by atoms with E-state index in [1.807, 2.05) is 13.1 Å². The van der Waals surface area contributed by atoms with Gasteiger partial charge in [-0.15, -0.1) is 11.3 Å². The fourth-order valence-electron chi connectivity index (χ4n) is 1.90. The Labute approximate surface area is 119 Å². The third kappa shape index (κ3) is 2.82. The van der Waals surface area contributed by atoms with Crippen molar-refractivity contribution in [2.75, 3.05) is 7.05 Å². The van der Waals surface area contributed by atoms with Crippen LogP contribution in [0.15, 0.2) is 34.8 Å². The Hall–Kier alpha value is -0.710. The molecule has 1 nitrogen and oxygen atoms in total. The Kier molecular flexibility index (Phi) is 4.54. The molecule has 1 aromatic heterocycles. The van der Waals surface area contributed by atoms with Crippen LogP contribution >= 0.6 is 27.3 Å². The Balaban J connectivity index is 2.35. The Morgan fingerprint density at radius 1 is 1.33 bits per heavy atom. The number of hydrogen-bond acceptors (Lipinski definition) is 2. The van der Waals surface area contributed by atoms with E-state index in [9.17, 15) is 4.39 Å². The summed E-state index contributed by atoms with van der Waals surface area (Å²) in [4.78, 5) is 2.57. The number of nitrogens with one attached hydrogen (secondary N) is 1. The van der Waals surface area contributed by atoms with E-state index in [0.717, 1.165) is 12.0 Å². The van der Waals surface area contributed by atoms with E-state index in [-0.39, 0.29) is 11.9 Å². The van der Waals surface area contributed by atoms with Gasteiger partial charge in [0.05, 0.1) is 10.5 Å². The predicted molar refractivity (Wildman–Crippen MR) is 78.7 cm³/mol. The third-order valence-electron chi connectivity index (χ3n) is 2.88. The first-order chi connectivity index (χ1) is 8.65. The zero-order valence-electron chi connectivity index (χ0n) is 10.3. The molecule has 0 fully saturated rings. The van der Waals surface area contributed by atoms with Crippen LogP contribution in [0.3, 0.4) is 0 Å². The van der Waals surface area contributed by atoms with Crippen LogP contribution in [0.2, 0.25) is 0 Å². The molecule has 1 heterocycles. The number of benzene rings is 1. The van der Waals surface area contributed by atoms with Gasteiger partial charge in [0.2, 0.25) is 0 Å². The van der Waals surface area contributed by atoms with Crippen LogP contribution in [0.4, 0.5) is 4.39 Å². The number of aryl methyl sites for hydroxylation is 1. The molecule has 1 N–H and O–H groups in total. The molecule has 1 atom stereocenters. The van der Waals surface area contributed by atoms with Gasteiger partial charge in [0.15, 0.2) is 0 Å². The molecule has 0 spiro atoms. The second kappa shape index (κ2) is 5.95. The van der Waals surface area contributed by atoms with E-state index in [1.165, 1.54) is 9.75 Å². The lowest BCUT2D eigenvalue weighted by Gasteiger charge is -2.15. The summed E-state index contributed by atoms with van der Waals surface area (Å²) in [7, 11) is 1.90. The number of hydrogen-bond donors (Lipinski definition) is 1. The average molecular weight is 328 g/mol. The van der Waals surface area contributed by atoms with Crippen molar-refractivity contribution < 1.29 is 4.39 Å². The Morgan fingerprint density at radius 2 is 2.11 bits per heavy atom. The van der Waals surface area contributed by atoms with E-state index in [0.29, 0.717) is 4.47 Å². The number of halogens is 2. The minimum atomic E-state index is -0.222. The number of rotatable bonds is 4. The summed E-state index contributed by atoms with van der Waals surface area (Å²) in [6.07, 6.45) is 1.04. The van der Waals surface area contributed by atoms with Crippen molar-refractivity contribution in [1.29, 1.82) is 0 Å². The second-order valence-corrected chi connectivity index (χ2v) is 6.11. The van der Waals surface area contributed by atoms with Gasteiger partial charge >= 0.3 is 0 Å². The minimum Gasteiger partial charge on any atom is -0.309 e. The summed E-state index contributed by atoms with van der Waals surface area (Å²) in [6.45, 7) is 2.14. The fraction of sp³-hybridized carbons (Fsp3) is 0.286. The molecule has 0 saturated carbocycles. The molecule has 4 heteroatoms. The van der Waals surface area contributed by atoms with Crippen LogP contribution in [-0.2, 0) is 6.42 Å². The van der Waals surface area contributed by atoms with E-state index < -0.39 is 0 Å². The maximum Gasteiger partial charge on any atom is 0.137 e. The van der Waals surface area contributed by atoms with Crippen LogP contribution in [0, 0.1) is 5.82 Å². The van der Waals surface area contributed by atoms with E-state index in [2.05, 4.69) is 40.3 Å². The molecule has 0 saturated heterocycles. The SMILES string of the molecule is CCc1ccc(C(NC)c2ccc(Br)c(F)c2)s1. The third-order valence-corrected chi connectivity index (χ3v) is 4.82. The molecule has 2 rings (SSSR count). The summed E-state index contributed by atoms with van der Waals surface area (Å²) < 4.78 is 14.1. The van der Waals surface area contributed by atoms with Gasteiger partial charge < -0.3 is 5.32 Å². The van der Waals surface area contributed by atoms with Crippen LogP contribution in [0.1, 0.15) is 28.3 Å². The highest BCUT2D eigenvalue weighted by atomic mass is 79.9. The summed E-state index contributed by atoms with van der Waals surface area (Å²) in [5, 5.41) is 3.25. The predicted octanol–water partition coefficient (Wildman–Crippen LogP) is 4.52. The van der Waals surface area contributed by atoms with E-state index in [1.54, 1.807) is 23.5 Å². The molecular formula is C14H15BrFNS. The highest BCUT2D eigenvalue weighted by molar-refractivity contribution is 9.10. The van der Waals surface area contributed by atoms with Crippen LogP contribution in [0.5, 0.6) is 0 Å². The average Bonchev–Trinajstić information content (AvgIpc) is 2.83. The lowest BCUT2D eigenvalue weighted by atomic mass is 10.1. The molecule has 0 bridgehead atoms. The Morgan fingerprint density at radius 3 is 2.67 bits per heavy atom. The van der Waals surface area contributed by atoms with Crippen LogP contribution in [-0.4, -0.2) is 7.05 Å². The first-order valence-electron chi connectivity index (χ1n) is 5.86. The fourth-order valence-corrected chi connectivity index (χ4v) is 3.24. The molecule has 0 radical (unpaired) electrons. The van der Waals surface area contributed by atoms with E-state index in [4.69, 9.17) is 0 Å². The van der Waals surface area contributed by atoms with Gasteiger partial charge in [-0.3, -0.25) is 0 Å². The largest absolute Gasteiger partial charge is 0.309 e. The smallest absolute Gasteiger partial charge is 0.137 e. The van der Waals surface area contributed by atoms with Crippen LogP contribution < -0.4 is 5.32 Å². The quantitative estimate of drug-likeness (QED) is 0.870. The molecular weight excluding hydrogens is 313 g/mol. The normalized spacial score (nSPS) is 12.7. The molecule has 1 aromatic carbocycles. The molecule has 0 aliphatic carbocycles. The summed E-state index contributed by atoms with van der Waals surface area (Å²) in [6, 6.07) is 9.59. The monoisotopic (exact) mass is 327 g/mol. The lowest BCUT2D eigenvalue weighted by molar-refractivity contribution is 0.611. The van der Waals surface area contributed by atoms with Crippen molar-refractivity contribution in [3.63, 3.8) is 0 Å². The molecule has 1 unspecified atom stereocenters. The Bertz CT molecular complexity index is 538. The highest BCUT2D eigenvalue weighted by Gasteiger charge is 2.15. The molecule has 0 aliphatic rings. The summed E-state index contributed by atoms with van der Waals surface area (Å²) in [5.74, 6) is -0.222. The summed E-state index contributed by atoms with van der Waals surface area (Å²) >= 11 is 4.95. The van der Waals surface area contributed by atoms with Crippen molar-refractivity contribution in [1.82, 2.24) is 5.32 Å². The lowest BCUT2D eigenvalue weighted by Crippen LogP contribution is -2.16. The zero-order chi connectivity index (χ0) is 13.1. The van der Waals surface area contributed by atoms with Crippen molar-refractivity contribution in [2.24, 2.45) is 0 Å². The van der Waals surface area contributed by atoms with Crippen molar-refractivity contribution in [3.05, 3.63) is 55.9 Å². The topological polar surface area (TPSA) is 12.0 Å². The summed E-state index contributed by atoms with van der Waals surface area (Å²) in [5.41, 5.74) is 0.947. The molecule has 96 valence electrons. The van der Waals surface area contributed by atoms with Crippen molar-refractivity contribution in [2.45, 2.75) is 19.4 Å². The standard InChI is InChI=1S/C14H15BrFNS/c1-3-10-5-7-13(18-10)14(17-2)9-4-6-11(15)12(16)8-9/h4-8,14,17H,3H2,1-2H3. The molecule has 0 amide bonds. The van der Waals surface area contributed by atoms with Crippen LogP contribution in [0.25, 0.3) is 0 Å². The van der Waals surface area contributed by atoms with Gasteiger partial charge in [0.25, 0.3) is 0 Å². The van der Waals surface area contributed by atoms with Gasteiger partial charge in [-0.1, -0.05) is 13.0 Å². The van der Waals surface area contributed by atoms with Crippen molar-refractivity contribution in [3.8, 4) is 0 Å². The molecule has 0 aliphatic heterocycles. The van der Waals surface area contributed by atoms with E-state index >= 15 is 0 Å². The molecule has 18 heavy (non-hydrogen) atoms. The maximum absolute atomic E-state index is 13.6. The van der Waals surface area contributed by atoms with Gasteiger partial charge in [-0.25, -0.2) is 4.39 Å². The van der Waals surface area contributed by atoms with Gasteiger partial charge in [-0.05, 0) is 59.2 Å². The maximum atomic E-state index is 13.6. The van der Waals surface area contributed by atoms with Crippen molar-refractivity contribution >= 4 is 27.3 Å². The molecule has 2 aromatic rings. The first kappa shape index (κ1) is 13.7. The zero-order valence-corrected chi connectivity index (χ0v) is 12.7. The highest BCUT2D eigenvalue weighted by Crippen LogP contribution is 2.30. The minimum absolute atomic E-state index is 0.0536.